The second kappa shape index (κ2) is 4.09. The van der Waals surface area contributed by atoms with Crippen LogP contribution in [0.15, 0.2) is 18.2 Å². The van der Waals surface area contributed by atoms with Crippen molar-refractivity contribution in [2.75, 3.05) is 0 Å². The molecule has 0 aromatic heterocycles. The fraction of sp³-hybridized carbons (Fsp3) is 0.417. The maximum atomic E-state index is 13.2. The van der Waals surface area contributed by atoms with Crippen molar-refractivity contribution in [2.45, 2.75) is 25.7 Å². The fourth-order valence-electron chi connectivity index (χ4n) is 1.78. The van der Waals surface area contributed by atoms with E-state index in [9.17, 15) is 13.6 Å². The molecule has 1 nitrogen and oxygen atoms in total. The van der Waals surface area contributed by atoms with Gasteiger partial charge in [0.1, 0.15) is 11.6 Å². The molecule has 15 heavy (non-hydrogen) atoms. The molecule has 2 rings (SSSR count). The number of halogens is 2. The molecule has 0 aliphatic heterocycles. The molecule has 1 saturated carbocycles. The Hall–Kier alpha value is -1.25. The number of Topliss-reactive ketones (excluding diaryl/α,β-unsaturated/α-hetero) is 1. The van der Waals surface area contributed by atoms with Crippen molar-refractivity contribution in [3.05, 3.63) is 35.4 Å². The maximum absolute atomic E-state index is 13.2. The lowest BCUT2D eigenvalue weighted by molar-refractivity contribution is 0.0932. The number of benzene rings is 1. The summed E-state index contributed by atoms with van der Waals surface area (Å²) >= 11 is 0. The van der Waals surface area contributed by atoms with Gasteiger partial charge in [0.2, 0.25) is 0 Å². The van der Waals surface area contributed by atoms with E-state index in [0.717, 1.165) is 37.5 Å². The van der Waals surface area contributed by atoms with Crippen molar-refractivity contribution in [3.8, 4) is 0 Å². The molecule has 0 heterocycles. The van der Waals surface area contributed by atoms with Crippen LogP contribution >= 0.6 is 0 Å². The second-order valence-corrected chi connectivity index (χ2v) is 4.05. The molecule has 0 spiro atoms. The van der Waals surface area contributed by atoms with E-state index in [2.05, 4.69) is 0 Å². The Morgan fingerprint density at radius 1 is 1.33 bits per heavy atom. The number of hydrogen-bond acceptors (Lipinski definition) is 1. The largest absolute Gasteiger partial charge is 0.294 e. The van der Waals surface area contributed by atoms with Crippen LogP contribution < -0.4 is 0 Å². The third-order valence-electron chi connectivity index (χ3n) is 2.93. The molecular formula is C12H12F2O. The summed E-state index contributed by atoms with van der Waals surface area (Å²) in [6.45, 7) is 0. The van der Waals surface area contributed by atoms with Crippen LogP contribution in [0.3, 0.4) is 0 Å². The van der Waals surface area contributed by atoms with Crippen LogP contribution in [0.2, 0.25) is 0 Å². The van der Waals surface area contributed by atoms with Gasteiger partial charge in [0.25, 0.3) is 0 Å². The van der Waals surface area contributed by atoms with Gasteiger partial charge >= 0.3 is 0 Å². The molecule has 0 unspecified atom stereocenters. The predicted molar refractivity (Wildman–Crippen MR) is 52.6 cm³/mol. The molecule has 1 aromatic rings. The van der Waals surface area contributed by atoms with Gasteiger partial charge < -0.3 is 0 Å². The van der Waals surface area contributed by atoms with Gasteiger partial charge in [0.05, 0.1) is 5.56 Å². The van der Waals surface area contributed by atoms with Gasteiger partial charge in [-0.15, -0.1) is 0 Å². The summed E-state index contributed by atoms with van der Waals surface area (Å²) in [7, 11) is 0. The zero-order valence-corrected chi connectivity index (χ0v) is 8.30. The first-order valence-corrected chi connectivity index (χ1v) is 5.15. The first-order chi connectivity index (χ1) is 7.16. The van der Waals surface area contributed by atoms with Crippen LogP contribution in [0.1, 0.15) is 36.0 Å². The minimum absolute atomic E-state index is 0.109. The highest BCUT2D eigenvalue weighted by molar-refractivity contribution is 5.96. The van der Waals surface area contributed by atoms with Crippen molar-refractivity contribution in [3.63, 3.8) is 0 Å². The molecule has 1 fully saturated rings. The van der Waals surface area contributed by atoms with E-state index in [0.29, 0.717) is 12.3 Å². The van der Waals surface area contributed by atoms with Gasteiger partial charge in [-0.1, -0.05) is 19.3 Å². The van der Waals surface area contributed by atoms with Gasteiger partial charge in [-0.3, -0.25) is 4.79 Å². The van der Waals surface area contributed by atoms with E-state index in [-0.39, 0.29) is 11.3 Å². The maximum Gasteiger partial charge on any atom is 0.166 e. The van der Waals surface area contributed by atoms with Crippen LogP contribution in [-0.4, -0.2) is 5.78 Å². The molecule has 0 bridgehead atoms. The normalized spacial score (nSPS) is 16.1. The average Bonchev–Trinajstić information content (AvgIpc) is 2.15. The van der Waals surface area contributed by atoms with E-state index >= 15 is 0 Å². The van der Waals surface area contributed by atoms with Crippen LogP contribution in [0.25, 0.3) is 0 Å². The Morgan fingerprint density at radius 2 is 2.07 bits per heavy atom. The summed E-state index contributed by atoms with van der Waals surface area (Å²) in [6, 6.07) is 3.01. The summed E-state index contributed by atoms with van der Waals surface area (Å²) < 4.78 is 26.0. The van der Waals surface area contributed by atoms with E-state index in [1.807, 2.05) is 0 Å². The van der Waals surface area contributed by atoms with Crippen molar-refractivity contribution < 1.29 is 13.6 Å². The molecule has 1 aliphatic carbocycles. The topological polar surface area (TPSA) is 17.1 Å². The highest BCUT2D eigenvalue weighted by Crippen LogP contribution is 2.30. The Balaban J connectivity index is 2.12. The quantitative estimate of drug-likeness (QED) is 0.699. The average molecular weight is 210 g/mol. The highest BCUT2D eigenvalue weighted by atomic mass is 19.1. The summed E-state index contributed by atoms with van der Waals surface area (Å²) in [4.78, 5) is 11.6. The molecule has 0 amide bonds. The third kappa shape index (κ3) is 2.22. The minimum atomic E-state index is -0.624. The fourth-order valence-corrected chi connectivity index (χ4v) is 1.78. The first-order valence-electron chi connectivity index (χ1n) is 5.15. The van der Waals surface area contributed by atoms with Crippen LogP contribution in [0, 0.1) is 17.6 Å². The number of rotatable bonds is 3. The second-order valence-electron chi connectivity index (χ2n) is 4.05. The number of hydrogen-bond donors (Lipinski definition) is 0. The number of ketones is 1. The Kier molecular flexibility index (Phi) is 2.80. The Morgan fingerprint density at radius 3 is 2.67 bits per heavy atom. The van der Waals surface area contributed by atoms with Gasteiger partial charge in [-0.2, -0.15) is 0 Å². The van der Waals surface area contributed by atoms with Crippen LogP contribution in [0.5, 0.6) is 0 Å². The highest BCUT2D eigenvalue weighted by Gasteiger charge is 2.23. The molecule has 0 atom stereocenters. The molecular weight excluding hydrogens is 198 g/mol. The van der Waals surface area contributed by atoms with Crippen molar-refractivity contribution in [1.29, 1.82) is 0 Å². The summed E-state index contributed by atoms with van der Waals surface area (Å²) in [5, 5.41) is 0. The summed E-state index contributed by atoms with van der Waals surface area (Å²) in [6.07, 6.45) is 3.55. The summed E-state index contributed by atoms with van der Waals surface area (Å²) in [5.74, 6) is -1.09. The molecule has 80 valence electrons. The minimum Gasteiger partial charge on any atom is -0.294 e. The molecule has 0 saturated heterocycles. The zero-order valence-electron chi connectivity index (χ0n) is 8.30. The molecule has 1 aliphatic rings. The number of carbonyl (C=O) groups excluding carboxylic acids is 1. The SMILES string of the molecule is O=C(CC1CCC1)c1cc(F)ccc1F. The van der Waals surface area contributed by atoms with Gasteiger partial charge in [-0.25, -0.2) is 8.78 Å². The van der Waals surface area contributed by atoms with E-state index in [1.165, 1.54) is 0 Å². The van der Waals surface area contributed by atoms with Crippen molar-refractivity contribution in [2.24, 2.45) is 5.92 Å². The first kappa shape index (κ1) is 10.3. The molecule has 0 N–H and O–H groups in total. The standard InChI is InChI=1S/C12H12F2O/c13-9-4-5-11(14)10(7-9)12(15)6-8-2-1-3-8/h4-5,7-8H,1-3,6H2. The van der Waals surface area contributed by atoms with Crippen LogP contribution in [-0.2, 0) is 0 Å². The predicted octanol–water partition coefficient (Wildman–Crippen LogP) is 3.34. The Bertz CT molecular complexity index is 383. The van der Waals surface area contributed by atoms with Gasteiger partial charge in [-0.05, 0) is 24.1 Å². The van der Waals surface area contributed by atoms with E-state index in [4.69, 9.17) is 0 Å². The zero-order chi connectivity index (χ0) is 10.8. The molecule has 3 heteroatoms. The number of carbonyl (C=O) groups is 1. The van der Waals surface area contributed by atoms with E-state index < -0.39 is 11.6 Å². The van der Waals surface area contributed by atoms with Crippen LogP contribution in [0.4, 0.5) is 8.78 Å². The van der Waals surface area contributed by atoms with E-state index in [1.54, 1.807) is 0 Å². The smallest absolute Gasteiger partial charge is 0.166 e. The van der Waals surface area contributed by atoms with Crippen molar-refractivity contribution in [1.82, 2.24) is 0 Å². The molecule has 0 radical (unpaired) electrons. The monoisotopic (exact) mass is 210 g/mol. The van der Waals surface area contributed by atoms with Crippen molar-refractivity contribution >= 4 is 5.78 Å². The Labute approximate surface area is 87.1 Å². The summed E-state index contributed by atoms with van der Waals surface area (Å²) in [5.41, 5.74) is -0.109. The molecule has 1 aromatic carbocycles. The lowest BCUT2D eigenvalue weighted by Crippen LogP contribution is -2.16. The lowest BCUT2D eigenvalue weighted by atomic mass is 9.81. The van der Waals surface area contributed by atoms with Gasteiger partial charge in [0.15, 0.2) is 5.78 Å². The lowest BCUT2D eigenvalue weighted by Gasteiger charge is -2.24. The third-order valence-corrected chi connectivity index (χ3v) is 2.93. The van der Waals surface area contributed by atoms with Gasteiger partial charge in [0, 0.05) is 6.42 Å².